The van der Waals surface area contributed by atoms with Gasteiger partial charge in [-0.3, -0.25) is 0 Å². The molecular weight excluding hydrogens is 335 g/mol. The molecule has 0 spiro atoms. The van der Waals surface area contributed by atoms with Gasteiger partial charge in [-0.15, -0.1) is 0 Å². The van der Waals surface area contributed by atoms with Crippen molar-refractivity contribution in [2.24, 2.45) is 0 Å². The van der Waals surface area contributed by atoms with Crippen molar-refractivity contribution >= 4 is 8.76 Å². The predicted molar refractivity (Wildman–Crippen MR) is 34.4 cm³/mol. The van der Waals surface area contributed by atoms with E-state index in [2.05, 4.69) is 0 Å². The van der Waals surface area contributed by atoms with Crippen LogP contribution in [0.3, 0.4) is 0 Å². The predicted octanol–water partition coefficient (Wildman–Crippen LogP) is 0.472. The van der Waals surface area contributed by atoms with Crippen LogP contribution in [0.5, 0.6) is 5.75 Å². The molecule has 0 aliphatic heterocycles. The van der Waals surface area contributed by atoms with Crippen LogP contribution in [0.2, 0.25) is 0 Å². The minimum atomic E-state index is -0.470. The van der Waals surface area contributed by atoms with E-state index in [0.29, 0.717) is 0 Å². The molecule has 0 saturated heterocycles. The maximum atomic E-state index is 10.3. The van der Waals surface area contributed by atoms with Crippen LogP contribution < -0.4 is 3.07 Å². The average Bonchev–Trinajstić information content (AvgIpc) is 1.94. The first kappa shape index (κ1) is 8.45. The third-order valence-electron chi connectivity index (χ3n) is 1.27. The normalized spacial score (nSPS) is 9.64. The molecule has 0 fully saturated rings. The first-order valence-corrected chi connectivity index (χ1v) is 5.65. The number of phenols is 1. The molecule has 4 nitrogen and oxygen atoms in total. The molecule has 1 rings (SSSR count). The number of nitro groups is 1. The molecule has 5 heteroatoms. The molecule has 0 unspecified atom stereocenters. The SMILES string of the molecule is O=[N+]([O-])c1cc(O)cc[c]1[Hg]. The second kappa shape index (κ2) is 3.17. The zero-order chi connectivity index (χ0) is 8.43. The zero-order valence-corrected chi connectivity index (χ0v) is 11.1. The Bertz CT molecular complexity index is 300. The molecule has 0 amide bonds. The van der Waals surface area contributed by atoms with Gasteiger partial charge in [0.05, 0.1) is 0 Å². The van der Waals surface area contributed by atoms with Crippen molar-refractivity contribution in [2.45, 2.75) is 0 Å². The minimum absolute atomic E-state index is 0.0355. The van der Waals surface area contributed by atoms with E-state index in [4.69, 9.17) is 5.11 Å². The van der Waals surface area contributed by atoms with E-state index in [1.165, 1.54) is 12.1 Å². The summed E-state index contributed by atoms with van der Waals surface area (Å²) >= 11 is 0.217. The summed E-state index contributed by atoms with van der Waals surface area (Å²) in [7, 11) is 0. The topological polar surface area (TPSA) is 63.4 Å². The summed E-state index contributed by atoms with van der Waals surface area (Å²) in [6.45, 7) is 0. The van der Waals surface area contributed by atoms with Gasteiger partial charge in [0.2, 0.25) is 0 Å². The number of aromatic hydroxyl groups is 1. The average molecular weight is 339 g/mol. The molecule has 0 aliphatic carbocycles. The number of hydrogen-bond acceptors (Lipinski definition) is 3. The summed E-state index contributed by atoms with van der Waals surface area (Å²) in [6.07, 6.45) is 0. The summed E-state index contributed by atoms with van der Waals surface area (Å²) in [6, 6.07) is 4.24. The van der Waals surface area contributed by atoms with E-state index >= 15 is 0 Å². The first-order valence-electron chi connectivity index (χ1n) is 2.90. The van der Waals surface area contributed by atoms with Crippen molar-refractivity contribution in [3.05, 3.63) is 28.3 Å². The van der Waals surface area contributed by atoms with Crippen LogP contribution in [0.1, 0.15) is 0 Å². The third-order valence-corrected chi connectivity index (χ3v) is 3.59. The van der Waals surface area contributed by atoms with E-state index < -0.39 is 4.92 Å². The van der Waals surface area contributed by atoms with Crippen molar-refractivity contribution in [1.29, 1.82) is 0 Å². The number of rotatable bonds is 1. The fourth-order valence-electron chi connectivity index (χ4n) is 0.722. The molecule has 1 N–H and O–H groups in total. The number of nitro benzene ring substituents is 1. The van der Waals surface area contributed by atoms with Gasteiger partial charge in [-0.05, 0) is 0 Å². The number of benzene rings is 1. The first-order chi connectivity index (χ1) is 5.11. The van der Waals surface area contributed by atoms with Crippen molar-refractivity contribution in [3.63, 3.8) is 0 Å². The Morgan fingerprint density at radius 2 is 2.18 bits per heavy atom. The monoisotopic (exact) mass is 340 g/mol. The van der Waals surface area contributed by atoms with E-state index in [0.717, 1.165) is 3.07 Å². The number of phenolic OH excluding ortho intramolecular Hbond substituents is 1. The third kappa shape index (κ3) is 1.89. The van der Waals surface area contributed by atoms with Crippen LogP contribution in [0.4, 0.5) is 5.69 Å². The van der Waals surface area contributed by atoms with E-state index in [1.807, 2.05) is 0 Å². The van der Waals surface area contributed by atoms with Crippen LogP contribution in [0, 0.1) is 10.1 Å². The number of hydrogen-bond donors (Lipinski definition) is 1. The molecule has 1 aromatic rings. The molecule has 0 radical (unpaired) electrons. The zero-order valence-electron chi connectivity index (χ0n) is 5.65. The van der Waals surface area contributed by atoms with Gasteiger partial charge in [0.1, 0.15) is 0 Å². The van der Waals surface area contributed by atoms with E-state index in [-0.39, 0.29) is 37.6 Å². The molecular formula is C6H4HgNO3. The van der Waals surface area contributed by atoms with Crippen LogP contribution in [-0.2, 0) is 26.1 Å². The fraction of sp³-hybridized carbons (Fsp3) is 0. The van der Waals surface area contributed by atoms with E-state index in [9.17, 15) is 10.1 Å². The van der Waals surface area contributed by atoms with Crippen molar-refractivity contribution < 1.29 is 36.2 Å². The maximum absolute atomic E-state index is 10.3. The Labute approximate surface area is 79.0 Å². The van der Waals surface area contributed by atoms with Gasteiger partial charge in [0.15, 0.2) is 0 Å². The molecule has 0 atom stereocenters. The Morgan fingerprint density at radius 3 is 2.64 bits per heavy atom. The molecule has 53 valence electrons. The van der Waals surface area contributed by atoms with Gasteiger partial charge >= 0.3 is 79.0 Å². The summed E-state index contributed by atoms with van der Waals surface area (Å²) in [5.41, 5.74) is 0.0355. The van der Waals surface area contributed by atoms with Crippen molar-refractivity contribution in [2.75, 3.05) is 0 Å². The van der Waals surface area contributed by atoms with Crippen molar-refractivity contribution in [1.82, 2.24) is 0 Å². The van der Waals surface area contributed by atoms with E-state index in [1.54, 1.807) is 6.07 Å². The van der Waals surface area contributed by atoms with Gasteiger partial charge in [0, 0.05) is 0 Å². The van der Waals surface area contributed by atoms with Gasteiger partial charge < -0.3 is 0 Å². The Balaban J connectivity index is 3.23. The van der Waals surface area contributed by atoms with Gasteiger partial charge in [-0.25, -0.2) is 0 Å². The summed E-state index contributed by atoms with van der Waals surface area (Å²) in [5.74, 6) is -0.0501. The van der Waals surface area contributed by atoms with Crippen LogP contribution in [0.15, 0.2) is 18.2 Å². The number of nitrogens with zero attached hydrogens (tertiary/aromatic N) is 1. The van der Waals surface area contributed by atoms with Crippen LogP contribution >= 0.6 is 0 Å². The summed E-state index contributed by atoms with van der Waals surface area (Å²) in [5, 5.41) is 19.2. The van der Waals surface area contributed by atoms with Gasteiger partial charge in [-0.2, -0.15) is 0 Å². The Morgan fingerprint density at radius 1 is 1.55 bits per heavy atom. The Hall–Kier alpha value is -0.645. The molecule has 1 aromatic carbocycles. The molecule has 0 bridgehead atoms. The van der Waals surface area contributed by atoms with Gasteiger partial charge in [-0.1, -0.05) is 0 Å². The fourth-order valence-corrected chi connectivity index (χ4v) is 2.08. The van der Waals surface area contributed by atoms with Crippen LogP contribution in [-0.4, -0.2) is 10.0 Å². The second-order valence-corrected chi connectivity index (χ2v) is 5.03. The molecule has 0 aliphatic rings. The molecule has 0 saturated carbocycles. The van der Waals surface area contributed by atoms with Gasteiger partial charge in [0.25, 0.3) is 0 Å². The summed E-state index contributed by atoms with van der Waals surface area (Å²) in [4.78, 5) is 9.83. The van der Waals surface area contributed by atoms with Crippen molar-refractivity contribution in [3.8, 4) is 5.75 Å². The molecule has 11 heavy (non-hydrogen) atoms. The standard InChI is InChI=1S/C6H4NO3.Hg/c8-6-3-1-2-5(4-6)7(9)10;/h1,3-4,8H;. The molecule has 0 heterocycles. The van der Waals surface area contributed by atoms with Crippen LogP contribution in [0.25, 0.3) is 0 Å². The second-order valence-electron chi connectivity index (χ2n) is 2.07. The Kier molecular flexibility index (Phi) is 2.43. The molecule has 0 aromatic heterocycles. The summed E-state index contributed by atoms with van der Waals surface area (Å²) < 4.78 is 0.743. The quantitative estimate of drug-likeness (QED) is 0.460.